The number of hydrogen-bond donors (Lipinski definition) is 2. The Labute approximate surface area is 145 Å². The first-order chi connectivity index (χ1) is 11.3. The Kier molecular flexibility index (Phi) is 5.86. The molecule has 1 saturated carbocycles. The van der Waals surface area contributed by atoms with Crippen LogP contribution in [0.15, 0.2) is 29.3 Å². The van der Waals surface area contributed by atoms with Crippen LogP contribution in [-0.4, -0.2) is 50.1 Å². The van der Waals surface area contributed by atoms with Crippen LogP contribution in [0.1, 0.15) is 39.2 Å². The normalized spacial score (nSPS) is 17.0. The van der Waals surface area contributed by atoms with Crippen molar-refractivity contribution >= 4 is 5.96 Å². The second kappa shape index (κ2) is 7.51. The van der Waals surface area contributed by atoms with Gasteiger partial charge >= 0.3 is 0 Å². The highest BCUT2D eigenvalue weighted by Crippen LogP contribution is 2.48. The van der Waals surface area contributed by atoms with E-state index in [4.69, 9.17) is 4.99 Å². The topological polar surface area (TPSA) is 39.7 Å². The van der Waals surface area contributed by atoms with Crippen molar-refractivity contribution in [3.63, 3.8) is 0 Å². The van der Waals surface area contributed by atoms with Gasteiger partial charge in [0.2, 0.25) is 0 Å². The molecule has 1 aromatic rings. The van der Waals surface area contributed by atoms with E-state index in [0.29, 0.717) is 13.1 Å². The summed E-state index contributed by atoms with van der Waals surface area (Å²) >= 11 is 0. The highest BCUT2D eigenvalue weighted by molar-refractivity contribution is 5.80. The monoisotopic (exact) mass is 334 g/mol. The summed E-state index contributed by atoms with van der Waals surface area (Å²) in [5.41, 5.74) is 0.728. The quantitative estimate of drug-likeness (QED) is 0.595. The van der Waals surface area contributed by atoms with Crippen LogP contribution >= 0.6 is 0 Å². The summed E-state index contributed by atoms with van der Waals surface area (Å²) in [6.45, 7) is 8.60. The van der Waals surface area contributed by atoms with E-state index >= 15 is 0 Å². The first kappa shape index (κ1) is 18.7. The van der Waals surface area contributed by atoms with Crippen molar-refractivity contribution in [1.82, 2.24) is 15.5 Å². The molecular weight excluding hydrogens is 303 g/mol. The number of aliphatic imine (C=N–C) groups is 1. The first-order valence-electron chi connectivity index (χ1n) is 8.75. The molecule has 0 aliphatic heterocycles. The summed E-state index contributed by atoms with van der Waals surface area (Å²) in [6.07, 6.45) is 2.03. The molecule has 4 nitrogen and oxygen atoms in total. The molecule has 2 N–H and O–H groups in total. The van der Waals surface area contributed by atoms with Crippen LogP contribution in [0.3, 0.4) is 0 Å². The number of halogens is 1. The van der Waals surface area contributed by atoms with Crippen molar-refractivity contribution in [1.29, 1.82) is 0 Å². The first-order valence-corrected chi connectivity index (χ1v) is 8.75. The molecule has 0 radical (unpaired) electrons. The summed E-state index contributed by atoms with van der Waals surface area (Å²) in [5.74, 6) is 0.697. The maximum atomic E-state index is 14.1. The van der Waals surface area contributed by atoms with E-state index in [-0.39, 0.29) is 16.8 Å². The van der Waals surface area contributed by atoms with Crippen LogP contribution in [0.25, 0.3) is 0 Å². The maximum Gasteiger partial charge on any atom is 0.191 e. The minimum Gasteiger partial charge on any atom is -0.357 e. The lowest BCUT2D eigenvalue weighted by Crippen LogP contribution is -2.45. The summed E-state index contributed by atoms with van der Waals surface area (Å²) < 4.78 is 14.1. The van der Waals surface area contributed by atoms with E-state index in [1.54, 1.807) is 12.1 Å². The van der Waals surface area contributed by atoms with Gasteiger partial charge in [0.05, 0.1) is 6.54 Å². The number of benzene rings is 1. The van der Waals surface area contributed by atoms with Crippen LogP contribution in [0.5, 0.6) is 0 Å². The molecule has 24 heavy (non-hydrogen) atoms. The third-order valence-corrected chi connectivity index (χ3v) is 5.07. The van der Waals surface area contributed by atoms with E-state index in [0.717, 1.165) is 30.9 Å². The van der Waals surface area contributed by atoms with Crippen molar-refractivity contribution in [2.24, 2.45) is 4.99 Å². The van der Waals surface area contributed by atoms with Crippen molar-refractivity contribution < 1.29 is 4.39 Å². The molecular formula is C19H31FN4. The lowest BCUT2D eigenvalue weighted by atomic mass is 9.95. The number of nitrogens with zero attached hydrogens (tertiary/aromatic N) is 2. The highest BCUT2D eigenvalue weighted by atomic mass is 19.1. The minimum absolute atomic E-state index is 0.00877. The van der Waals surface area contributed by atoms with Gasteiger partial charge in [0.1, 0.15) is 5.82 Å². The van der Waals surface area contributed by atoms with Crippen molar-refractivity contribution in [2.45, 2.75) is 44.6 Å². The van der Waals surface area contributed by atoms with Gasteiger partial charge in [0.15, 0.2) is 5.96 Å². The minimum atomic E-state index is -0.104. The molecule has 1 aromatic carbocycles. The predicted molar refractivity (Wildman–Crippen MR) is 99.1 cm³/mol. The van der Waals surface area contributed by atoms with Crippen LogP contribution in [0.2, 0.25) is 0 Å². The van der Waals surface area contributed by atoms with Crippen LogP contribution < -0.4 is 10.6 Å². The Balaban J connectivity index is 2.03. The molecule has 5 heteroatoms. The molecule has 1 aliphatic carbocycles. The average molecular weight is 334 g/mol. The van der Waals surface area contributed by atoms with Gasteiger partial charge < -0.3 is 15.5 Å². The predicted octanol–water partition coefficient (Wildman–Crippen LogP) is 2.75. The Bertz CT molecular complexity index is 576. The van der Waals surface area contributed by atoms with Crippen LogP contribution in [0, 0.1) is 5.82 Å². The second-order valence-corrected chi connectivity index (χ2v) is 7.52. The number of guanidine groups is 1. The molecule has 0 spiro atoms. The van der Waals surface area contributed by atoms with Crippen molar-refractivity contribution in [2.75, 3.05) is 33.7 Å². The number of nitrogens with one attached hydrogen (secondary N) is 2. The molecule has 0 atom stereocenters. The van der Waals surface area contributed by atoms with E-state index in [1.807, 2.05) is 12.1 Å². The van der Waals surface area contributed by atoms with Gasteiger partial charge in [0, 0.05) is 24.0 Å². The van der Waals surface area contributed by atoms with Gasteiger partial charge in [-0.15, -0.1) is 0 Å². The zero-order valence-corrected chi connectivity index (χ0v) is 15.6. The SMILES string of the molecule is CCNC(=NCC(C)(C)N(C)C)NCC1(c2ccccc2F)CC1. The lowest BCUT2D eigenvalue weighted by Gasteiger charge is -2.31. The zero-order chi connectivity index (χ0) is 17.8. The van der Waals surface area contributed by atoms with Gasteiger partial charge in [-0.25, -0.2) is 4.39 Å². The fourth-order valence-corrected chi connectivity index (χ4v) is 2.59. The summed E-state index contributed by atoms with van der Waals surface area (Å²) in [5, 5.41) is 6.70. The molecule has 2 rings (SSSR count). The van der Waals surface area contributed by atoms with Gasteiger partial charge in [-0.3, -0.25) is 4.99 Å². The van der Waals surface area contributed by atoms with Crippen LogP contribution in [0.4, 0.5) is 4.39 Å². The summed E-state index contributed by atoms with van der Waals surface area (Å²) in [6, 6.07) is 7.12. The smallest absolute Gasteiger partial charge is 0.191 e. The lowest BCUT2D eigenvalue weighted by molar-refractivity contribution is 0.204. The molecule has 0 heterocycles. The van der Waals surface area contributed by atoms with Gasteiger partial charge in [-0.2, -0.15) is 0 Å². The average Bonchev–Trinajstić information content (AvgIpc) is 3.31. The third kappa shape index (κ3) is 4.47. The summed E-state index contributed by atoms with van der Waals surface area (Å²) in [7, 11) is 4.13. The Morgan fingerprint density at radius 2 is 1.92 bits per heavy atom. The Morgan fingerprint density at radius 3 is 2.46 bits per heavy atom. The van der Waals surface area contributed by atoms with Crippen molar-refractivity contribution in [3.05, 3.63) is 35.6 Å². The fraction of sp³-hybridized carbons (Fsp3) is 0.632. The molecule has 0 saturated heterocycles. The molecule has 0 amide bonds. The van der Waals surface area contributed by atoms with Gasteiger partial charge in [0.25, 0.3) is 0 Å². The van der Waals surface area contributed by atoms with E-state index in [1.165, 1.54) is 0 Å². The van der Waals surface area contributed by atoms with Gasteiger partial charge in [-0.1, -0.05) is 18.2 Å². The maximum absolute atomic E-state index is 14.1. The fourth-order valence-electron chi connectivity index (χ4n) is 2.59. The number of rotatable bonds is 7. The zero-order valence-electron chi connectivity index (χ0n) is 15.6. The van der Waals surface area contributed by atoms with Crippen molar-refractivity contribution in [3.8, 4) is 0 Å². The second-order valence-electron chi connectivity index (χ2n) is 7.52. The van der Waals surface area contributed by atoms with Gasteiger partial charge in [-0.05, 0) is 59.3 Å². The largest absolute Gasteiger partial charge is 0.357 e. The van der Waals surface area contributed by atoms with E-state index < -0.39 is 0 Å². The standard InChI is InChI=1S/C19H31FN4/c1-6-21-17(22-13-18(2,3)24(4)5)23-14-19(11-12-19)15-9-7-8-10-16(15)20/h7-10H,6,11-14H2,1-5H3,(H2,21,22,23). The number of hydrogen-bond acceptors (Lipinski definition) is 2. The molecule has 134 valence electrons. The number of likely N-dealkylation sites (N-methyl/N-ethyl adjacent to an activating group) is 1. The highest BCUT2D eigenvalue weighted by Gasteiger charge is 2.45. The Hall–Kier alpha value is -1.62. The summed E-state index contributed by atoms with van der Waals surface area (Å²) in [4.78, 5) is 6.88. The third-order valence-electron chi connectivity index (χ3n) is 5.07. The van der Waals surface area contributed by atoms with E-state index in [2.05, 4.69) is 50.4 Å². The molecule has 1 aliphatic rings. The molecule has 0 aromatic heterocycles. The molecule has 0 unspecified atom stereocenters. The Morgan fingerprint density at radius 1 is 1.25 bits per heavy atom. The van der Waals surface area contributed by atoms with Crippen LogP contribution in [-0.2, 0) is 5.41 Å². The molecule has 0 bridgehead atoms. The van der Waals surface area contributed by atoms with E-state index in [9.17, 15) is 4.39 Å². The molecule has 1 fully saturated rings.